The van der Waals surface area contributed by atoms with Gasteiger partial charge in [-0.25, -0.2) is 0 Å². The van der Waals surface area contributed by atoms with Crippen LogP contribution in [0.4, 0.5) is 0 Å². The van der Waals surface area contributed by atoms with E-state index < -0.39 is 0 Å². The maximum Gasteiger partial charge on any atom is 0.255 e. The highest BCUT2D eigenvalue weighted by Crippen LogP contribution is 2.25. The predicted molar refractivity (Wildman–Crippen MR) is 103 cm³/mol. The minimum absolute atomic E-state index is 0.0621. The lowest BCUT2D eigenvalue weighted by Gasteiger charge is -2.13. The first-order valence-electron chi connectivity index (χ1n) is 8.73. The molecule has 1 aliphatic carbocycles. The molecule has 1 aliphatic rings. The monoisotopic (exact) mass is 365 g/mol. The first-order valence-corrected chi connectivity index (χ1v) is 9.11. The Morgan fingerprint density at radius 1 is 1.19 bits per heavy atom. The van der Waals surface area contributed by atoms with Crippen LogP contribution in [0.5, 0.6) is 0 Å². The molecule has 0 saturated heterocycles. The second kappa shape index (κ2) is 6.96. The van der Waals surface area contributed by atoms with Gasteiger partial charge in [0.2, 0.25) is 0 Å². The van der Waals surface area contributed by atoms with E-state index in [0.717, 1.165) is 29.1 Å². The Hall–Kier alpha value is -2.59. The van der Waals surface area contributed by atoms with Crippen molar-refractivity contribution in [2.24, 2.45) is 7.05 Å². The summed E-state index contributed by atoms with van der Waals surface area (Å²) in [4.78, 5) is 12.9. The molecule has 5 heteroatoms. The third-order valence-electron chi connectivity index (χ3n) is 4.96. The first kappa shape index (κ1) is 16.9. The molecule has 1 atom stereocenters. The Morgan fingerprint density at radius 3 is 2.77 bits per heavy atom. The van der Waals surface area contributed by atoms with Gasteiger partial charge in [-0.2, -0.15) is 5.10 Å². The van der Waals surface area contributed by atoms with E-state index in [-0.39, 0.29) is 11.9 Å². The fourth-order valence-corrected chi connectivity index (χ4v) is 3.80. The van der Waals surface area contributed by atoms with Crippen molar-refractivity contribution < 1.29 is 4.79 Å². The summed E-state index contributed by atoms with van der Waals surface area (Å²) in [5.41, 5.74) is 5.21. The molecular weight excluding hydrogens is 346 g/mol. The zero-order valence-electron chi connectivity index (χ0n) is 14.6. The number of rotatable bonds is 4. The van der Waals surface area contributed by atoms with Crippen molar-refractivity contribution in [1.29, 1.82) is 0 Å². The number of nitrogens with one attached hydrogen (secondary N) is 1. The van der Waals surface area contributed by atoms with E-state index in [2.05, 4.69) is 28.6 Å². The van der Waals surface area contributed by atoms with E-state index in [1.807, 2.05) is 37.4 Å². The number of carbonyl (C=O) groups is 1. The van der Waals surface area contributed by atoms with Crippen LogP contribution < -0.4 is 5.32 Å². The van der Waals surface area contributed by atoms with E-state index in [1.165, 1.54) is 11.1 Å². The second-order valence-corrected chi connectivity index (χ2v) is 7.22. The van der Waals surface area contributed by atoms with Crippen LogP contribution >= 0.6 is 11.6 Å². The largest absolute Gasteiger partial charge is 0.349 e. The van der Waals surface area contributed by atoms with Gasteiger partial charge in [-0.1, -0.05) is 48.0 Å². The van der Waals surface area contributed by atoms with E-state index in [4.69, 9.17) is 11.6 Å². The Kier molecular flexibility index (Phi) is 4.51. The Bertz CT molecular complexity index is 949. The summed E-state index contributed by atoms with van der Waals surface area (Å²) < 4.78 is 1.78. The van der Waals surface area contributed by atoms with Crippen LogP contribution in [0.25, 0.3) is 0 Å². The predicted octanol–water partition coefficient (Wildman–Crippen LogP) is 3.56. The Morgan fingerprint density at radius 2 is 1.96 bits per heavy atom. The summed E-state index contributed by atoms with van der Waals surface area (Å²) in [6, 6.07) is 16.2. The minimum Gasteiger partial charge on any atom is -0.349 e. The van der Waals surface area contributed by atoms with E-state index in [1.54, 1.807) is 10.9 Å². The smallest absolute Gasteiger partial charge is 0.255 e. The SMILES string of the molecule is Cn1ncc(C(=O)NC2Cc3ccc(Cl)cc3C2)c1Cc1ccccc1. The van der Waals surface area contributed by atoms with Crippen LogP contribution in [0.1, 0.15) is 32.7 Å². The topological polar surface area (TPSA) is 46.9 Å². The molecule has 0 radical (unpaired) electrons. The summed E-state index contributed by atoms with van der Waals surface area (Å²) in [5, 5.41) is 8.21. The third-order valence-corrected chi connectivity index (χ3v) is 5.19. The van der Waals surface area contributed by atoms with Crippen LogP contribution in [0.2, 0.25) is 5.02 Å². The van der Waals surface area contributed by atoms with Crippen molar-refractivity contribution in [3.63, 3.8) is 0 Å². The zero-order chi connectivity index (χ0) is 18.1. The van der Waals surface area contributed by atoms with Crippen LogP contribution in [0, 0.1) is 0 Å². The van der Waals surface area contributed by atoms with E-state index in [0.29, 0.717) is 12.0 Å². The number of carbonyl (C=O) groups excluding carboxylic acids is 1. The highest BCUT2D eigenvalue weighted by atomic mass is 35.5. The quantitative estimate of drug-likeness (QED) is 0.768. The van der Waals surface area contributed by atoms with Gasteiger partial charge in [0.1, 0.15) is 0 Å². The maximum absolute atomic E-state index is 12.9. The van der Waals surface area contributed by atoms with Crippen LogP contribution in [-0.4, -0.2) is 21.7 Å². The molecule has 0 fully saturated rings. The third kappa shape index (κ3) is 3.37. The van der Waals surface area contributed by atoms with Gasteiger partial charge in [-0.05, 0) is 41.7 Å². The number of benzene rings is 2. The Balaban J connectivity index is 1.49. The number of aromatic nitrogens is 2. The normalized spacial score (nSPS) is 15.7. The van der Waals surface area contributed by atoms with Crippen molar-refractivity contribution in [3.8, 4) is 0 Å². The summed E-state index contributed by atoms with van der Waals surface area (Å²) in [7, 11) is 1.88. The molecular formula is C21H20ClN3O. The molecule has 0 aliphatic heterocycles. The lowest BCUT2D eigenvalue weighted by molar-refractivity contribution is 0.0937. The molecule has 0 spiro atoms. The lowest BCUT2D eigenvalue weighted by atomic mass is 10.1. The summed E-state index contributed by atoms with van der Waals surface area (Å²) in [6.07, 6.45) is 4.00. The van der Waals surface area contributed by atoms with Gasteiger partial charge in [0.05, 0.1) is 17.5 Å². The molecule has 3 aromatic rings. The standard InChI is InChI=1S/C21H20ClN3O/c1-25-20(9-14-5-3-2-4-6-14)19(13-23-25)21(26)24-18-11-15-7-8-17(22)10-16(15)12-18/h2-8,10,13,18H,9,11-12H2,1H3,(H,24,26). The van der Waals surface area contributed by atoms with Crippen LogP contribution in [0.15, 0.2) is 54.7 Å². The molecule has 1 amide bonds. The van der Waals surface area contributed by atoms with E-state index >= 15 is 0 Å². The number of hydrogen-bond donors (Lipinski definition) is 1. The molecule has 1 heterocycles. The van der Waals surface area contributed by atoms with Gasteiger partial charge < -0.3 is 5.32 Å². The number of aryl methyl sites for hydroxylation is 1. The number of hydrogen-bond acceptors (Lipinski definition) is 2. The van der Waals surface area contributed by atoms with Gasteiger partial charge in [0, 0.05) is 24.5 Å². The van der Waals surface area contributed by atoms with Crippen molar-refractivity contribution in [1.82, 2.24) is 15.1 Å². The number of fused-ring (bicyclic) bond motifs is 1. The fraction of sp³-hybridized carbons (Fsp3) is 0.238. The zero-order valence-corrected chi connectivity index (χ0v) is 15.3. The highest BCUT2D eigenvalue weighted by molar-refractivity contribution is 6.30. The molecule has 132 valence electrons. The fourth-order valence-electron chi connectivity index (χ4n) is 3.60. The lowest BCUT2D eigenvalue weighted by Crippen LogP contribution is -2.35. The summed E-state index contributed by atoms with van der Waals surface area (Å²) in [6.45, 7) is 0. The van der Waals surface area contributed by atoms with Crippen molar-refractivity contribution in [2.75, 3.05) is 0 Å². The van der Waals surface area contributed by atoms with Gasteiger partial charge >= 0.3 is 0 Å². The Labute approximate surface area is 157 Å². The molecule has 1 unspecified atom stereocenters. The second-order valence-electron chi connectivity index (χ2n) is 6.78. The van der Waals surface area contributed by atoms with Crippen molar-refractivity contribution >= 4 is 17.5 Å². The molecule has 0 saturated carbocycles. The van der Waals surface area contributed by atoms with Crippen molar-refractivity contribution in [2.45, 2.75) is 25.3 Å². The molecule has 26 heavy (non-hydrogen) atoms. The highest BCUT2D eigenvalue weighted by Gasteiger charge is 2.25. The first-order chi connectivity index (χ1) is 12.6. The summed E-state index contributed by atoms with van der Waals surface area (Å²) >= 11 is 6.07. The molecule has 1 N–H and O–H groups in total. The number of halogens is 1. The van der Waals surface area contributed by atoms with Gasteiger partial charge in [-0.15, -0.1) is 0 Å². The van der Waals surface area contributed by atoms with Gasteiger partial charge in [0.25, 0.3) is 5.91 Å². The average molecular weight is 366 g/mol. The van der Waals surface area contributed by atoms with Crippen LogP contribution in [-0.2, 0) is 26.3 Å². The van der Waals surface area contributed by atoms with Crippen molar-refractivity contribution in [3.05, 3.63) is 87.7 Å². The maximum atomic E-state index is 12.9. The number of amides is 1. The minimum atomic E-state index is -0.0621. The average Bonchev–Trinajstić information content (AvgIpc) is 3.19. The molecule has 4 nitrogen and oxygen atoms in total. The molecule has 0 bridgehead atoms. The molecule has 2 aromatic carbocycles. The number of nitrogens with zero attached hydrogens (tertiary/aromatic N) is 2. The summed E-state index contributed by atoms with van der Waals surface area (Å²) in [5.74, 6) is -0.0621. The van der Waals surface area contributed by atoms with Gasteiger partial charge in [-0.3, -0.25) is 9.48 Å². The van der Waals surface area contributed by atoms with E-state index in [9.17, 15) is 4.79 Å². The molecule has 4 rings (SSSR count). The van der Waals surface area contributed by atoms with Crippen LogP contribution in [0.3, 0.4) is 0 Å². The molecule has 1 aromatic heterocycles. The van der Waals surface area contributed by atoms with Gasteiger partial charge in [0.15, 0.2) is 0 Å².